The normalized spacial score (nSPS) is 20.4. The van der Waals surface area contributed by atoms with Crippen LogP contribution in [0.15, 0.2) is 48.6 Å². The minimum absolute atomic E-state index is 0.185. The number of fused-ring (bicyclic) bond motifs is 1. The van der Waals surface area contributed by atoms with Crippen LogP contribution in [0.2, 0.25) is 0 Å². The van der Waals surface area contributed by atoms with Gasteiger partial charge in [-0.3, -0.25) is 4.79 Å². The molecule has 0 N–H and O–H groups in total. The summed E-state index contributed by atoms with van der Waals surface area (Å²) in [6.45, 7) is 5.49. The van der Waals surface area contributed by atoms with Crippen LogP contribution in [0, 0.1) is 5.92 Å². The third-order valence-electron chi connectivity index (χ3n) is 10.9. The summed E-state index contributed by atoms with van der Waals surface area (Å²) in [6.07, 6.45) is 53.2. The maximum Gasteiger partial charge on any atom is 0.169 e. The number of nitrogens with zero attached hydrogens (tertiary/aromatic N) is 1. The molecular weight excluding hydrogens is 627 g/mol. The second kappa shape index (κ2) is 30.9. The van der Waals surface area contributed by atoms with Crippen molar-refractivity contribution in [3.63, 3.8) is 0 Å². The van der Waals surface area contributed by atoms with E-state index < -0.39 is 0 Å². The van der Waals surface area contributed by atoms with Crippen LogP contribution in [0.25, 0.3) is 0 Å². The van der Waals surface area contributed by atoms with Gasteiger partial charge < -0.3 is 14.4 Å². The van der Waals surface area contributed by atoms with Crippen molar-refractivity contribution >= 4 is 5.78 Å². The minimum Gasteiger partial charge on any atom is -0.344 e. The van der Waals surface area contributed by atoms with Crippen LogP contribution >= 0.6 is 0 Å². The summed E-state index contributed by atoms with van der Waals surface area (Å²) >= 11 is 0. The first-order chi connectivity index (χ1) is 25.0. The summed E-state index contributed by atoms with van der Waals surface area (Å²) in [5, 5.41) is 0. The molecular formula is C47H83NO3. The van der Waals surface area contributed by atoms with Crippen molar-refractivity contribution in [1.82, 2.24) is 4.90 Å². The average Bonchev–Trinajstić information content (AvgIpc) is 3.63. The number of hydrogen-bond donors (Lipinski definition) is 0. The van der Waals surface area contributed by atoms with Gasteiger partial charge in [-0.25, -0.2) is 0 Å². The smallest absolute Gasteiger partial charge is 0.169 e. The Hall–Kier alpha value is -1.49. The van der Waals surface area contributed by atoms with Gasteiger partial charge in [0.15, 0.2) is 5.79 Å². The fourth-order valence-electron chi connectivity index (χ4n) is 7.81. The van der Waals surface area contributed by atoms with E-state index in [4.69, 9.17) is 9.47 Å². The lowest BCUT2D eigenvalue weighted by Gasteiger charge is -2.30. The van der Waals surface area contributed by atoms with Gasteiger partial charge in [0.2, 0.25) is 0 Å². The van der Waals surface area contributed by atoms with E-state index in [-0.39, 0.29) is 18.0 Å². The van der Waals surface area contributed by atoms with Gasteiger partial charge in [0.1, 0.15) is 5.78 Å². The first-order valence-corrected chi connectivity index (χ1v) is 22.1. The van der Waals surface area contributed by atoms with Crippen LogP contribution in [0.1, 0.15) is 200 Å². The molecule has 0 aromatic carbocycles. The van der Waals surface area contributed by atoms with Gasteiger partial charge >= 0.3 is 0 Å². The molecule has 1 aliphatic heterocycles. The zero-order chi connectivity index (χ0) is 36.7. The number of ether oxygens (including phenoxy) is 2. The van der Waals surface area contributed by atoms with Crippen molar-refractivity contribution in [3.05, 3.63) is 48.6 Å². The average molecular weight is 710 g/mol. The predicted octanol–water partition coefficient (Wildman–Crippen LogP) is 13.8. The molecule has 1 saturated carbocycles. The SMILES string of the molecule is CCCC/C=C\C/C=C\CCCCCCCCC1(CCCCCCCC/C=C\C/C=C\CCCC)O[C@H]2CC(CC(=O)CCCN(C)C)C[C@H]2O1. The van der Waals surface area contributed by atoms with Crippen molar-refractivity contribution in [1.29, 1.82) is 0 Å². The van der Waals surface area contributed by atoms with Gasteiger partial charge in [-0.15, -0.1) is 0 Å². The molecule has 0 spiro atoms. The van der Waals surface area contributed by atoms with E-state index in [2.05, 4.69) is 81.5 Å². The molecule has 1 unspecified atom stereocenters. The Labute approximate surface area is 317 Å². The largest absolute Gasteiger partial charge is 0.344 e. The Morgan fingerprint density at radius 3 is 1.41 bits per heavy atom. The van der Waals surface area contributed by atoms with Gasteiger partial charge in [0.05, 0.1) is 12.2 Å². The highest BCUT2D eigenvalue weighted by molar-refractivity contribution is 5.78. The molecule has 0 aromatic heterocycles. The van der Waals surface area contributed by atoms with Crippen LogP contribution in [0.3, 0.4) is 0 Å². The fraction of sp³-hybridized carbons (Fsp3) is 0.809. The number of unbranched alkanes of at least 4 members (excludes halogenated alkanes) is 16. The van der Waals surface area contributed by atoms with Gasteiger partial charge in [0.25, 0.3) is 0 Å². The Kier molecular flexibility index (Phi) is 27.7. The third kappa shape index (κ3) is 23.7. The quantitative estimate of drug-likeness (QED) is 0.0492. The highest BCUT2D eigenvalue weighted by Crippen LogP contribution is 2.46. The molecule has 4 heteroatoms. The molecule has 0 amide bonds. The number of Topliss-reactive ketones (excluding diaryl/α,β-unsaturated/α-hetero) is 1. The lowest BCUT2D eigenvalue weighted by atomic mass is 9.97. The zero-order valence-electron chi connectivity index (χ0n) is 34.2. The van der Waals surface area contributed by atoms with E-state index in [0.717, 1.165) is 51.5 Å². The number of carbonyl (C=O) groups is 1. The number of carbonyl (C=O) groups excluding carboxylic acids is 1. The molecule has 0 bridgehead atoms. The molecule has 2 aliphatic rings. The summed E-state index contributed by atoms with van der Waals surface area (Å²) in [6, 6.07) is 0. The number of allylic oxidation sites excluding steroid dienone is 8. The zero-order valence-corrected chi connectivity index (χ0v) is 34.2. The van der Waals surface area contributed by atoms with Crippen LogP contribution in [-0.4, -0.2) is 49.3 Å². The van der Waals surface area contributed by atoms with Crippen molar-refractivity contribution in [2.45, 2.75) is 218 Å². The van der Waals surface area contributed by atoms with Crippen molar-refractivity contribution in [2.24, 2.45) is 5.92 Å². The molecule has 294 valence electrons. The summed E-state index contributed by atoms with van der Waals surface area (Å²) in [7, 11) is 4.16. The molecule has 0 radical (unpaired) electrons. The third-order valence-corrected chi connectivity index (χ3v) is 10.9. The molecule has 51 heavy (non-hydrogen) atoms. The summed E-state index contributed by atoms with van der Waals surface area (Å²) in [4.78, 5) is 14.8. The molecule has 2 fully saturated rings. The maximum atomic E-state index is 12.7. The predicted molar refractivity (Wildman–Crippen MR) is 221 cm³/mol. The van der Waals surface area contributed by atoms with E-state index in [9.17, 15) is 4.79 Å². The van der Waals surface area contributed by atoms with E-state index in [1.807, 2.05) is 0 Å². The first kappa shape index (κ1) is 45.7. The van der Waals surface area contributed by atoms with E-state index in [0.29, 0.717) is 24.5 Å². The van der Waals surface area contributed by atoms with E-state index >= 15 is 0 Å². The molecule has 1 heterocycles. The molecule has 1 aliphatic carbocycles. The van der Waals surface area contributed by atoms with Gasteiger partial charge in [-0.05, 0) is 110 Å². The van der Waals surface area contributed by atoms with Gasteiger partial charge in [-0.1, -0.05) is 140 Å². The Morgan fingerprint density at radius 1 is 0.569 bits per heavy atom. The molecule has 0 aromatic rings. The van der Waals surface area contributed by atoms with Gasteiger partial charge in [0, 0.05) is 25.7 Å². The minimum atomic E-state index is -0.387. The standard InChI is InChI=1S/C47H83NO3/c1-5-7-9-11-13-15-17-19-21-23-25-27-29-31-33-37-47(38-34-32-30-28-26-24-22-20-18-16-14-12-10-8-6-2)50-45-41-43(42-46(45)51-47)40-44(49)36-35-39-48(3)4/h11-14,17-20,43,45-46H,5-10,15-16,21-42H2,1-4H3/b13-11-,14-12-,19-17-,20-18-/t43?,45-,46+. The number of rotatable bonds is 34. The van der Waals surface area contributed by atoms with Gasteiger partial charge in [-0.2, -0.15) is 0 Å². The van der Waals surface area contributed by atoms with Crippen molar-refractivity contribution in [2.75, 3.05) is 20.6 Å². The topological polar surface area (TPSA) is 38.8 Å². The summed E-state index contributed by atoms with van der Waals surface area (Å²) in [5.41, 5.74) is 0. The highest BCUT2D eigenvalue weighted by Gasteiger charge is 2.51. The number of hydrogen-bond acceptors (Lipinski definition) is 4. The first-order valence-electron chi connectivity index (χ1n) is 22.1. The number of ketones is 1. The Balaban J connectivity index is 1.66. The Morgan fingerprint density at radius 2 is 0.980 bits per heavy atom. The lowest BCUT2D eigenvalue weighted by molar-refractivity contribution is -0.193. The highest BCUT2D eigenvalue weighted by atomic mass is 16.8. The van der Waals surface area contributed by atoms with Crippen LogP contribution in [-0.2, 0) is 14.3 Å². The van der Waals surface area contributed by atoms with Crippen LogP contribution < -0.4 is 0 Å². The van der Waals surface area contributed by atoms with Crippen LogP contribution in [0.5, 0.6) is 0 Å². The van der Waals surface area contributed by atoms with E-state index in [1.165, 1.54) is 128 Å². The van der Waals surface area contributed by atoms with Crippen LogP contribution in [0.4, 0.5) is 0 Å². The maximum absolute atomic E-state index is 12.7. The molecule has 1 saturated heterocycles. The molecule has 4 nitrogen and oxygen atoms in total. The molecule has 2 rings (SSSR count). The second-order valence-electron chi connectivity index (χ2n) is 16.2. The van der Waals surface area contributed by atoms with Crippen molar-refractivity contribution < 1.29 is 14.3 Å². The fourth-order valence-corrected chi connectivity index (χ4v) is 7.81. The monoisotopic (exact) mass is 710 g/mol. The van der Waals surface area contributed by atoms with E-state index in [1.54, 1.807) is 0 Å². The lowest BCUT2D eigenvalue weighted by Crippen LogP contribution is -2.32. The van der Waals surface area contributed by atoms with Crippen molar-refractivity contribution in [3.8, 4) is 0 Å². The second-order valence-corrected chi connectivity index (χ2v) is 16.2. The molecule has 3 atom stereocenters. The Bertz CT molecular complexity index is 887. The summed E-state index contributed by atoms with van der Waals surface area (Å²) < 4.78 is 13.7. The summed E-state index contributed by atoms with van der Waals surface area (Å²) in [5.74, 6) is 0.464.